The maximum atomic E-state index is 11.0. The number of pyridine rings is 1. The van der Waals surface area contributed by atoms with Crippen molar-refractivity contribution in [1.29, 1.82) is 0 Å². The topological polar surface area (TPSA) is 68.0 Å². The van der Waals surface area contributed by atoms with E-state index in [9.17, 15) is 4.79 Å². The average Bonchev–Trinajstić information content (AvgIpc) is 2.96. The van der Waals surface area contributed by atoms with Crippen molar-refractivity contribution in [2.45, 2.75) is 6.54 Å². The number of benzene rings is 1. The van der Waals surface area contributed by atoms with E-state index in [0.29, 0.717) is 6.54 Å². The molecular formula is C16H13N3O2. The minimum Gasteiger partial charge on any atom is -0.478 e. The Morgan fingerprint density at radius 2 is 2.00 bits per heavy atom. The second kappa shape index (κ2) is 5.58. The Labute approximate surface area is 121 Å². The zero-order chi connectivity index (χ0) is 14.7. The first kappa shape index (κ1) is 13.1. The SMILES string of the molecule is O=C(O)c1cccc(Cn2ccnc2-c2ccccn2)c1. The molecule has 0 aliphatic heterocycles. The molecule has 1 N–H and O–H groups in total. The molecule has 0 bridgehead atoms. The quantitative estimate of drug-likeness (QED) is 0.797. The number of carbonyl (C=O) groups is 1. The van der Waals surface area contributed by atoms with Crippen molar-refractivity contribution >= 4 is 5.97 Å². The van der Waals surface area contributed by atoms with Gasteiger partial charge in [-0.25, -0.2) is 9.78 Å². The van der Waals surface area contributed by atoms with E-state index in [-0.39, 0.29) is 5.56 Å². The summed E-state index contributed by atoms with van der Waals surface area (Å²) < 4.78 is 1.95. The molecule has 2 heterocycles. The van der Waals surface area contributed by atoms with E-state index in [1.54, 1.807) is 30.6 Å². The van der Waals surface area contributed by atoms with Crippen LogP contribution in [0, 0.1) is 0 Å². The molecule has 0 spiro atoms. The van der Waals surface area contributed by atoms with E-state index in [1.807, 2.05) is 35.0 Å². The van der Waals surface area contributed by atoms with Crippen LogP contribution < -0.4 is 0 Å². The number of hydrogen-bond donors (Lipinski definition) is 1. The number of nitrogens with zero attached hydrogens (tertiary/aromatic N) is 3. The summed E-state index contributed by atoms with van der Waals surface area (Å²) in [7, 11) is 0. The Kier molecular flexibility index (Phi) is 3.47. The first-order valence-corrected chi connectivity index (χ1v) is 6.49. The van der Waals surface area contributed by atoms with Crippen molar-refractivity contribution in [2.24, 2.45) is 0 Å². The molecule has 5 heteroatoms. The van der Waals surface area contributed by atoms with Crippen molar-refractivity contribution in [2.75, 3.05) is 0 Å². The van der Waals surface area contributed by atoms with Gasteiger partial charge in [0.1, 0.15) is 5.69 Å². The van der Waals surface area contributed by atoms with E-state index in [2.05, 4.69) is 9.97 Å². The second-order valence-corrected chi connectivity index (χ2v) is 4.60. The van der Waals surface area contributed by atoms with E-state index in [4.69, 9.17) is 5.11 Å². The number of aromatic carboxylic acids is 1. The van der Waals surface area contributed by atoms with Gasteiger partial charge >= 0.3 is 5.97 Å². The third-order valence-electron chi connectivity index (χ3n) is 3.14. The summed E-state index contributed by atoms with van der Waals surface area (Å²) in [6, 6.07) is 12.6. The molecule has 0 aliphatic carbocycles. The van der Waals surface area contributed by atoms with E-state index in [0.717, 1.165) is 17.1 Å². The number of imidazole rings is 1. The molecule has 0 amide bonds. The van der Waals surface area contributed by atoms with Crippen molar-refractivity contribution in [1.82, 2.24) is 14.5 Å². The van der Waals surface area contributed by atoms with Crippen molar-refractivity contribution < 1.29 is 9.90 Å². The van der Waals surface area contributed by atoms with Crippen LogP contribution >= 0.6 is 0 Å². The zero-order valence-electron chi connectivity index (χ0n) is 11.2. The van der Waals surface area contributed by atoms with Gasteiger partial charge in [0, 0.05) is 25.1 Å². The second-order valence-electron chi connectivity index (χ2n) is 4.60. The highest BCUT2D eigenvalue weighted by Crippen LogP contribution is 2.16. The Bertz CT molecular complexity index is 766. The lowest BCUT2D eigenvalue weighted by Crippen LogP contribution is -2.04. The molecule has 0 aliphatic rings. The molecule has 1 aromatic carbocycles. The molecule has 5 nitrogen and oxygen atoms in total. The van der Waals surface area contributed by atoms with Gasteiger partial charge in [-0.3, -0.25) is 4.98 Å². The number of rotatable bonds is 4. The van der Waals surface area contributed by atoms with Gasteiger partial charge in [0.15, 0.2) is 5.82 Å². The molecule has 0 atom stereocenters. The standard InChI is InChI=1S/C16H13N3O2/c20-16(21)13-5-3-4-12(10-13)11-19-9-8-18-15(19)14-6-1-2-7-17-14/h1-10H,11H2,(H,20,21). The van der Waals surface area contributed by atoms with Gasteiger partial charge in [0.05, 0.1) is 5.56 Å². The summed E-state index contributed by atoms with van der Waals surface area (Å²) in [6.07, 6.45) is 5.29. The van der Waals surface area contributed by atoms with Crippen LogP contribution in [-0.2, 0) is 6.54 Å². The summed E-state index contributed by atoms with van der Waals surface area (Å²) in [4.78, 5) is 19.6. The molecule has 0 fully saturated rings. The van der Waals surface area contributed by atoms with Crippen LogP contribution in [0.2, 0.25) is 0 Å². The number of carboxylic acids is 1. The first-order chi connectivity index (χ1) is 10.2. The number of aromatic nitrogens is 3. The Balaban J connectivity index is 1.92. The van der Waals surface area contributed by atoms with Crippen LogP contribution in [-0.4, -0.2) is 25.6 Å². The molecule has 3 rings (SSSR count). The van der Waals surface area contributed by atoms with Gasteiger partial charge in [0.2, 0.25) is 0 Å². The minimum atomic E-state index is -0.924. The highest BCUT2D eigenvalue weighted by molar-refractivity contribution is 5.87. The molecular weight excluding hydrogens is 266 g/mol. The fourth-order valence-corrected chi connectivity index (χ4v) is 2.16. The fraction of sp³-hybridized carbons (Fsp3) is 0.0625. The van der Waals surface area contributed by atoms with Gasteiger partial charge in [-0.05, 0) is 29.8 Å². The summed E-state index contributed by atoms with van der Waals surface area (Å²) in [5, 5.41) is 9.04. The highest BCUT2D eigenvalue weighted by atomic mass is 16.4. The Hall–Kier alpha value is -2.95. The monoisotopic (exact) mass is 279 g/mol. The van der Waals surface area contributed by atoms with Crippen LogP contribution in [0.4, 0.5) is 0 Å². The molecule has 0 radical (unpaired) electrons. The minimum absolute atomic E-state index is 0.284. The summed E-state index contributed by atoms with van der Waals surface area (Å²) in [5.41, 5.74) is 1.98. The smallest absolute Gasteiger partial charge is 0.335 e. The molecule has 2 aromatic heterocycles. The lowest BCUT2D eigenvalue weighted by Gasteiger charge is -2.08. The van der Waals surface area contributed by atoms with Crippen molar-refractivity contribution in [3.63, 3.8) is 0 Å². The summed E-state index contributed by atoms with van der Waals surface area (Å²) in [5.74, 6) is -0.163. The lowest BCUT2D eigenvalue weighted by atomic mass is 10.1. The Morgan fingerprint density at radius 3 is 2.76 bits per heavy atom. The van der Waals surface area contributed by atoms with E-state index >= 15 is 0 Å². The maximum Gasteiger partial charge on any atom is 0.335 e. The predicted octanol–water partition coefficient (Wildman–Crippen LogP) is 2.69. The molecule has 21 heavy (non-hydrogen) atoms. The van der Waals surface area contributed by atoms with Gasteiger partial charge in [0.25, 0.3) is 0 Å². The molecule has 0 saturated carbocycles. The van der Waals surface area contributed by atoms with Gasteiger partial charge < -0.3 is 9.67 Å². The predicted molar refractivity (Wildman–Crippen MR) is 78.0 cm³/mol. The van der Waals surface area contributed by atoms with Crippen molar-refractivity contribution in [3.05, 3.63) is 72.2 Å². The highest BCUT2D eigenvalue weighted by Gasteiger charge is 2.08. The van der Waals surface area contributed by atoms with E-state index in [1.165, 1.54) is 0 Å². The largest absolute Gasteiger partial charge is 0.478 e. The normalized spacial score (nSPS) is 10.5. The van der Waals surface area contributed by atoms with Crippen LogP contribution in [0.3, 0.4) is 0 Å². The van der Waals surface area contributed by atoms with Crippen molar-refractivity contribution in [3.8, 4) is 11.5 Å². The molecule has 104 valence electrons. The fourth-order valence-electron chi connectivity index (χ4n) is 2.16. The van der Waals surface area contributed by atoms with Crippen LogP contribution in [0.15, 0.2) is 61.1 Å². The van der Waals surface area contributed by atoms with Crippen LogP contribution in [0.25, 0.3) is 11.5 Å². The summed E-state index contributed by atoms with van der Waals surface area (Å²) >= 11 is 0. The third kappa shape index (κ3) is 2.81. The molecule has 3 aromatic rings. The maximum absolute atomic E-state index is 11.0. The third-order valence-corrected chi connectivity index (χ3v) is 3.14. The first-order valence-electron chi connectivity index (χ1n) is 6.49. The summed E-state index contributed by atoms with van der Waals surface area (Å²) in [6.45, 7) is 0.549. The van der Waals surface area contributed by atoms with Gasteiger partial charge in [-0.15, -0.1) is 0 Å². The average molecular weight is 279 g/mol. The van der Waals surface area contributed by atoms with E-state index < -0.39 is 5.97 Å². The number of hydrogen-bond acceptors (Lipinski definition) is 3. The van der Waals surface area contributed by atoms with Crippen LogP contribution in [0.5, 0.6) is 0 Å². The van der Waals surface area contributed by atoms with Gasteiger partial charge in [-0.1, -0.05) is 18.2 Å². The Morgan fingerprint density at radius 1 is 1.10 bits per heavy atom. The molecule has 0 saturated heterocycles. The zero-order valence-corrected chi connectivity index (χ0v) is 11.2. The lowest BCUT2D eigenvalue weighted by molar-refractivity contribution is 0.0696. The van der Waals surface area contributed by atoms with Crippen LogP contribution in [0.1, 0.15) is 15.9 Å². The number of carboxylic acid groups (broad SMARTS) is 1. The van der Waals surface area contributed by atoms with Gasteiger partial charge in [-0.2, -0.15) is 0 Å². The molecule has 0 unspecified atom stereocenters.